The maximum Gasteiger partial charge on any atom is 0.166 e. The summed E-state index contributed by atoms with van der Waals surface area (Å²) >= 11 is 7.01. The average molecular weight is 190 g/mol. The largest absolute Gasteiger partial charge is 0.366 e. The molecule has 2 atom stereocenters. The molecule has 4 heteroatoms. The van der Waals surface area contributed by atoms with Crippen molar-refractivity contribution in [3.8, 4) is 0 Å². The van der Waals surface area contributed by atoms with Crippen LogP contribution in [-0.4, -0.2) is 29.2 Å². The Bertz CT molecular complexity index is 149. The molecule has 1 rings (SSSR count). The molecule has 2 nitrogen and oxygen atoms in total. The third kappa shape index (κ3) is 2.87. The van der Waals surface area contributed by atoms with Crippen molar-refractivity contribution in [2.45, 2.75) is 24.6 Å². The molecule has 0 bridgehead atoms. The van der Waals surface area contributed by atoms with Crippen LogP contribution in [0.1, 0.15) is 13.3 Å². The molecule has 1 fully saturated rings. The number of hydrogen-bond acceptors (Lipinski definition) is 2. The van der Waals surface area contributed by atoms with Crippen LogP contribution in [0.5, 0.6) is 0 Å². The monoisotopic (exact) mass is 190 g/mol. The third-order valence-electron chi connectivity index (χ3n) is 1.76. The highest BCUT2D eigenvalue weighted by atomic mass is 32.2. The molecule has 2 unspecified atom stereocenters. The molecule has 0 aliphatic carbocycles. The second-order valence-corrected chi connectivity index (χ2v) is 4.68. The van der Waals surface area contributed by atoms with Crippen LogP contribution in [0.4, 0.5) is 0 Å². The number of hydrogen-bond donors (Lipinski definition) is 2. The number of nitrogens with one attached hydrogen (secondary N) is 2. The normalized spacial score (nSPS) is 30.0. The van der Waals surface area contributed by atoms with Crippen molar-refractivity contribution < 1.29 is 0 Å². The highest BCUT2D eigenvalue weighted by Crippen LogP contribution is 2.25. The molecule has 2 N–H and O–H groups in total. The maximum atomic E-state index is 5.00. The number of thiocarbonyl (C=S) groups is 1. The first-order valence-corrected chi connectivity index (χ1v) is 5.28. The number of thioether (sulfide) groups is 1. The average Bonchev–Trinajstić information content (AvgIpc) is 2.35. The second-order valence-electron chi connectivity index (χ2n) is 2.80. The van der Waals surface area contributed by atoms with Crippen LogP contribution in [0.2, 0.25) is 0 Å². The van der Waals surface area contributed by atoms with Crippen LogP contribution in [-0.2, 0) is 0 Å². The third-order valence-corrected chi connectivity index (χ3v) is 3.44. The molecule has 0 aromatic carbocycles. The molecule has 0 spiro atoms. The summed E-state index contributed by atoms with van der Waals surface area (Å²) in [6, 6.07) is 0.579. The summed E-state index contributed by atoms with van der Waals surface area (Å²) in [6.07, 6.45) is 1.23. The SMILES string of the molecule is CNC(=S)NC1CSC(C)C1. The fourth-order valence-corrected chi connectivity index (χ4v) is 2.49. The maximum absolute atomic E-state index is 5.00. The van der Waals surface area contributed by atoms with Gasteiger partial charge in [-0.2, -0.15) is 11.8 Å². The molecule has 1 heterocycles. The molecule has 11 heavy (non-hydrogen) atoms. The smallest absolute Gasteiger partial charge is 0.166 e. The summed E-state index contributed by atoms with van der Waals surface area (Å²) in [4.78, 5) is 0. The van der Waals surface area contributed by atoms with Crippen molar-refractivity contribution in [1.29, 1.82) is 0 Å². The van der Waals surface area contributed by atoms with Crippen LogP contribution in [0.25, 0.3) is 0 Å². The highest BCUT2D eigenvalue weighted by Gasteiger charge is 2.21. The summed E-state index contributed by atoms with van der Waals surface area (Å²) in [5, 5.41) is 7.73. The molecular formula is C7H14N2S2. The molecule has 1 saturated heterocycles. The summed E-state index contributed by atoms with van der Waals surface area (Å²) in [5.74, 6) is 1.18. The van der Waals surface area contributed by atoms with Gasteiger partial charge in [0.05, 0.1) is 0 Å². The van der Waals surface area contributed by atoms with Gasteiger partial charge in [0.25, 0.3) is 0 Å². The standard InChI is InChI=1S/C7H14N2S2/c1-5-3-6(4-11-5)9-7(10)8-2/h5-6H,3-4H2,1-2H3,(H2,8,9,10). The van der Waals surface area contributed by atoms with Crippen molar-refractivity contribution in [2.24, 2.45) is 0 Å². The van der Waals surface area contributed by atoms with Gasteiger partial charge < -0.3 is 10.6 Å². The second kappa shape index (κ2) is 4.16. The Morgan fingerprint density at radius 1 is 1.64 bits per heavy atom. The van der Waals surface area contributed by atoms with Gasteiger partial charge in [-0.1, -0.05) is 6.92 Å². The first-order valence-electron chi connectivity index (χ1n) is 3.82. The fraction of sp³-hybridized carbons (Fsp3) is 0.857. The van der Waals surface area contributed by atoms with E-state index in [-0.39, 0.29) is 0 Å². The molecule has 0 radical (unpaired) electrons. The van der Waals surface area contributed by atoms with Crippen LogP contribution in [0, 0.1) is 0 Å². The highest BCUT2D eigenvalue weighted by molar-refractivity contribution is 8.00. The van der Waals surface area contributed by atoms with Gasteiger partial charge in [-0.25, -0.2) is 0 Å². The lowest BCUT2D eigenvalue weighted by Gasteiger charge is -2.12. The molecule has 0 amide bonds. The van der Waals surface area contributed by atoms with Crippen molar-refractivity contribution in [2.75, 3.05) is 12.8 Å². The minimum absolute atomic E-state index is 0.579. The van der Waals surface area contributed by atoms with E-state index < -0.39 is 0 Å². The first-order chi connectivity index (χ1) is 5.22. The molecule has 0 aromatic rings. The van der Waals surface area contributed by atoms with Gasteiger partial charge in [-0.15, -0.1) is 0 Å². The van der Waals surface area contributed by atoms with Crippen LogP contribution < -0.4 is 10.6 Å². The van der Waals surface area contributed by atoms with Gasteiger partial charge >= 0.3 is 0 Å². The van der Waals surface area contributed by atoms with E-state index in [2.05, 4.69) is 17.6 Å². The van der Waals surface area contributed by atoms with E-state index in [0.717, 1.165) is 10.4 Å². The fourth-order valence-electron chi connectivity index (χ4n) is 1.18. The van der Waals surface area contributed by atoms with E-state index in [1.807, 2.05) is 18.8 Å². The van der Waals surface area contributed by atoms with E-state index in [0.29, 0.717) is 6.04 Å². The predicted molar refractivity (Wildman–Crippen MR) is 55.1 cm³/mol. The molecule has 0 saturated carbocycles. The Balaban J connectivity index is 2.23. The summed E-state index contributed by atoms with van der Waals surface area (Å²) in [6.45, 7) is 2.26. The summed E-state index contributed by atoms with van der Waals surface area (Å²) < 4.78 is 0. The predicted octanol–water partition coefficient (Wildman–Crippen LogP) is 0.974. The van der Waals surface area contributed by atoms with E-state index in [9.17, 15) is 0 Å². The Morgan fingerprint density at radius 2 is 2.36 bits per heavy atom. The zero-order valence-electron chi connectivity index (χ0n) is 6.89. The van der Waals surface area contributed by atoms with E-state index >= 15 is 0 Å². The lowest BCUT2D eigenvalue weighted by Crippen LogP contribution is -2.40. The van der Waals surface area contributed by atoms with Gasteiger partial charge in [-0.05, 0) is 18.6 Å². The van der Waals surface area contributed by atoms with Crippen LogP contribution >= 0.6 is 24.0 Å². The zero-order chi connectivity index (χ0) is 8.27. The van der Waals surface area contributed by atoms with Crippen LogP contribution in [0.15, 0.2) is 0 Å². The minimum atomic E-state index is 0.579. The van der Waals surface area contributed by atoms with Crippen molar-refractivity contribution >= 4 is 29.1 Å². The van der Waals surface area contributed by atoms with E-state index in [4.69, 9.17) is 12.2 Å². The number of rotatable bonds is 1. The molecule has 1 aliphatic heterocycles. The zero-order valence-corrected chi connectivity index (χ0v) is 8.52. The van der Waals surface area contributed by atoms with E-state index in [1.54, 1.807) is 0 Å². The Labute approximate surface area is 77.5 Å². The first kappa shape index (κ1) is 9.13. The Hall–Kier alpha value is 0.0400. The van der Waals surface area contributed by atoms with Gasteiger partial charge in [0.2, 0.25) is 0 Å². The van der Waals surface area contributed by atoms with E-state index in [1.165, 1.54) is 12.2 Å². The summed E-state index contributed by atoms with van der Waals surface area (Å²) in [7, 11) is 1.85. The quantitative estimate of drug-likeness (QED) is 0.602. The topological polar surface area (TPSA) is 24.1 Å². The molecule has 64 valence electrons. The summed E-state index contributed by atoms with van der Waals surface area (Å²) in [5.41, 5.74) is 0. The van der Waals surface area contributed by atoms with Gasteiger partial charge in [0.1, 0.15) is 0 Å². The lowest BCUT2D eigenvalue weighted by atomic mass is 10.2. The van der Waals surface area contributed by atoms with Crippen molar-refractivity contribution in [3.05, 3.63) is 0 Å². The van der Waals surface area contributed by atoms with Gasteiger partial charge in [-0.3, -0.25) is 0 Å². The van der Waals surface area contributed by atoms with Gasteiger partial charge in [0.15, 0.2) is 5.11 Å². The Morgan fingerprint density at radius 3 is 2.82 bits per heavy atom. The molecule has 0 aromatic heterocycles. The van der Waals surface area contributed by atoms with Gasteiger partial charge in [0, 0.05) is 24.1 Å². The molecular weight excluding hydrogens is 176 g/mol. The van der Waals surface area contributed by atoms with Crippen molar-refractivity contribution in [1.82, 2.24) is 10.6 Å². The molecule has 1 aliphatic rings. The lowest BCUT2D eigenvalue weighted by molar-refractivity contribution is 0.637. The Kier molecular flexibility index (Phi) is 3.45. The van der Waals surface area contributed by atoms with Crippen molar-refractivity contribution in [3.63, 3.8) is 0 Å². The van der Waals surface area contributed by atoms with Crippen LogP contribution in [0.3, 0.4) is 0 Å². The minimum Gasteiger partial charge on any atom is -0.366 e.